The summed E-state index contributed by atoms with van der Waals surface area (Å²) < 4.78 is 42.0. The van der Waals surface area contributed by atoms with Crippen LogP contribution in [0.4, 0.5) is 4.79 Å². The Balaban J connectivity index is 0.00000210. The van der Waals surface area contributed by atoms with Crippen LogP contribution in [-0.2, 0) is 36.0 Å². The Hall–Kier alpha value is -1.92. The number of hydrogen-bond acceptors (Lipinski definition) is 7. The van der Waals surface area contributed by atoms with Gasteiger partial charge in [0.25, 0.3) is 5.91 Å². The van der Waals surface area contributed by atoms with E-state index in [1.807, 2.05) is 0 Å². The van der Waals surface area contributed by atoms with Crippen LogP contribution < -0.4 is 29.6 Å². The Morgan fingerprint density at radius 3 is 2.50 bits per heavy atom. The molecule has 0 spiro atoms. The van der Waals surface area contributed by atoms with Gasteiger partial charge >= 0.3 is 51.9 Å². The van der Waals surface area contributed by atoms with Gasteiger partial charge in [0.1, 0.15) is 18.7 Å². The van der Waals surface area contributed by atoms with Crippen molar-refractivity contribution in [1.82, 2.24) is 9.21 Å². The van der Waals surface area contributed by atoms with Crippen LogP contribution in [0, 0.1) is 0 Å². The van der Waals surface area contributed by atoms with Crippen molar-refractivity contribution in [2.75, 3.05) is 13.7 Å². The Kier molecular flexibility index (Phi) is 6.88. The van der Waals surface area contributed by atoms with E-state index in [1.165, 1.54) is 0 Å². The van der Waals surface area contributed by atoms with Gasteiger partial charge in [0.05, 0.1) is 7.11 Å². The average molecular weight is 420 g/mol. The van der Waals surface area contributed by atoms with Crippen LogP contribution in [0.2, 0.25) is 0 Å². The molecule has 0 aliphatic carbocycles. The van der Waals surface area contributed by atoms with Crippen molar-refractivity contribution in [3.05, 3.63) is 47.5 Å². The average Bonchev–Trinajstić information content (AvgIpc) is 2.92. The molecule has 0 unspecified atom stereocenters. The van der Waals surface area contributed by atoms with E-state index in [4.69, 9.17) is 4.74 Å². The van der Waals surface area contributed by atoms with Gasteiger partial charge in [-0.05, 0) is 11.1 Å². The summed E-state index contributed by atoms with van der Waals surface area (Å²) in [7, 11) is -3.71. The Morgan fingerprint density at radius 1 is 1.29 bits per heavy atom. The van der Waals surface area contributed by atoms with E-state index >= 15 is 0 Å². The second-order valence-electron chi connectivity index (χ2n) is 5.91. The molecule has 0 radical (unpaired) electrons. The number of β-lactam (4-membered cyclic amide) rings is 1. The summed E-state index contributed by atoms with van der Waals surface area (Å²) in [5.41, 5.74) is 0.868. The number of fused-ring (bicyclic) bond motifs is 1. The van der Waals surface area contributed by atoms with Crippen LogP contribution >= 0.6 is 0 Å². The van der Waals surface area contributed by atoms with Gasteiger partial charge in [-0.15, -0.1) is 0 Å². The molecule has 2 amide bonds. The van der Waals surface area contributed by atoms with Gasteiger partial charge in [-0.2, -0.15) is 8.42 Å². The Labute approximate surface area is 184 Å². The van der Waals surface area contributed by atoms with Crippen molar-refractivity contribution >= 4 is 28.3 Å². The molecule has 0 saturated carbocycles. The molecule has 10 nitrogen and oxygen atoms in total. The minimum absolute atomic E-state index is 0. The van der Waals surface area contributed by atoms with Gasteiger partial charge < -0.3 is 10.9 Å². The first kappa shape index (κ1) is 22.4. The summed E-state index contributed by atoms with van der Waals surface area (Å²) in [6, 6.07) is 6.49. The van der Waals surface area contributed by atoms with Crippen LogP contribution in [0.3, 0.4) is 0 Å². The third-order valence-corrected chi connectivity index (χ3v) is 5.19. The molecular formula is C16H17N2NaO8S. The van der Waals surface area contributed by atoms with E-state index < -0.39 is 40.4 Å². The normalized spacial score (nSPS) is 22.2. The fraction of sp³-hybridized carbons (Fsp3) is 0.312. The molecule has 2 fully saturated rings. The third kappa shape index (κ3) is 4.23. The SMILES string of the molecule is COC(=O)/C=C1\CN(C(=O)OCc2ccccc2)[C@@H]2C(=O)N(S(=O)(=O)O)[C@H]12.[H-].[Na+]. The molecule has 2 aliphatic heterocycles. The number of rotatable bonds is 4. The van der Waals surface area contributed by atoms with Crippen LogP contribution in [0.5, 0.6) is 0 Å². The maximum Gasteiger partial charge on any atom is 1.00 e. The van der Waals surface area contributed by atoms with E-state index in [9.17, 15) is 27.4 Å². The number of ether oxygens (including phenoxy) is 2. The first-order chi connectivity index (χ1) is 12.7. The zero-order valence-corrected chi connectivity index (χ0v) is 18.0. The fourth-order valence-electron chi connectivity index (χ4n) is 3.07. The zero-order valence-electron chi connectivity index (χ0n) is 16.1. The second-order valence-corrected chi connectivity index (χ2v) is 7.20. The molecule has 1 aromatic carbocycles. The minimum Gasteiger partial charge on any atom is -1.00 e. The molecule has 3 rings (SSSR count). The molecule has 0 bridgehead atoms. The van der Waals surface area contributed by atoms with Crippen molar-refractivity contribution in [2.45, 2.75) is 18.7 Å². The maximum atomic E-state index is 12.4. The zero-order chi connectivity index (χ0) is 19.8. The van der Waals surface area contributed by atoms with Crippen molar-refractivity contribution < 1.29 is 67.8 Å². The summed E-state index contributed by atoms with van der Waals surface area (Å²) >= 11 is 0. The van der Waals surface area contributed by atoms with Crippen LogP contribution in [-0.4, -0.2) is 65.9 Å². The molecule has 1 aromatic rings. The number of methoxy groups -OCH3 is 1. The summed E-state index contributed by atoms with van der Waals surface area (Å²) in [6.45, 7) is -0.254. The monoisotopic (exact) mass is 420 g/mol. The third-order valence-electron chi connectivity index (χ3n) is 4.28. The largest absolute Gasteiger partial charge is 1.00 e. The molecule has 2 aliphatic rings. The van der Waals surface area contributed by atoms with E-state index in [0.29, 0.717) is 0 Å². The molecule has 28 heavy (non-hydrogen) atoms. The van der Waals surface area contributed by atoms with Gasteiger partial charge in [-0.25, -0.2) is 13.9 Å². The predicted molar refractivity (Wildman–Crippen MR) is 90.5 cm³/mol. The van der Waals surface area contributed by atoms with Crippen LogP contribution in [0.1, 0.15) is 6.99 Å². The quantitative estimate of drug-likeness (QED) is 0.182. The predicted octanol–water partition coefficient (Wildman–Crippen LogP) is -2.76. The molecule has 2 saturated heterocycles. The van der Waals surface area contributed by atoms with Crippen molar-refractivity contribution in [3.63, 3.8) is 0 Å². The van der Waals surface area contributed by atoms with Crippen LogP contribution in [0.25, 0.3) is 0 Å². The van der Waals surface area contributed by atoms with Gasteiger partial charge in [0.2, 0.25) is 0 Å². The minimum atomic E-state index is -4.84. The maximum absolute atomic E-state index is 12.4. The summed E-state index contributed by atoms with van der Waals surface area (Å²) in [6.07, 6.45) is 0.151. The molecule has 146 valence electrons. The number of amides is 2. The first-order valence-electron chi connectivity index (χ1n) is 7.80. The number of carbonyl (C=O) groups excluding carboxylic acids is 3. The number of carbonyl (C=O) groups is 3. The van der Waals surface area contributed by atoms with Gasteiger partial charge in [0.15, 0.2) is 0 Å². The number of likely N-dealkylation sites (tertiary alicyclic amines) is 1. The standard InChI is InChI=1S/C16H16N2O8S.Na.H/c1-25-12(19)7-11-8-17(14-13(11)18(15(14)20)27(22,23)24)16(21)26-9-10-5-3-2-4-6-10;;/h2-7,13-14H,8-9H2,1H3,(H,22,23,24);;/q;+1;-1/b11-7+;;/t13-,14+;;/m1../s1. The number of hydrogen-bond donors (Lipinski definition) is 1. The van der Waals surface area contributed by atoms with Gasteiger partial charge in [0, 0.05) is 12.6 Å². The van der Waals surface area contributed by atoms with E-state index in [-0.39, 0.29) is 54.0 Å². The van der Waals surface area contributed by atoms with Gasteiger partial charge in [-0.3, -0.25) is 14.2 Å². The molecule has 0 aromatic heterocycles. The topological polar surface area (TPSA) is 131 Å². The Bertz CT molecular complexity index is 924. The number of nitrogens with zero attached hydrogens (tertiary/aromatic N) is 2. The number of esters is 1. The molecule has 12 heteroatoms. The molecule has 2 heterocycles. The van der Waals surface area contributed by atoms with Crippen molar-refractivity contribution in [1.29, 1.82) is 0 Å². The van der Waals surface area contributed by atoms with Gasteiger partial charge in [-0.1, -0.05) is 30.3 Å². The Morgan fingerprint density at radius 2 is 1.93 bits per heavy atom. The summed E-state index contributed by atoms with van der Waals surface area (Å²) in [4.78, 5) is 37.1. The number of benzene rings is 1. The van der Waals surface area contributed by atoms with E-state index in [2.05, 4.69) is 4.74 Å². The smallest absolute Gasteiger partial charge is 1.00 e. The fourth-order valence-corrected chi connectivity index (χ4v) is 3.95. The van der Waals surface area contributed by atoms with Crippen LogP contribution in [0.15, 0.2) is 42.0 Å². The second kappa shape index (κ2) is 8.62. The molecule has 1 N–H and O–H groups in total. The first-order valence-corrected chi connectivity index (χ1v) is 9.20. The molecule has 2 atom stereocenters. The van der Waals surface area contributed by atoms with Crippen molar-refractivity contribution in [2.24, 2.45) is 0 Å². The summed E-state index contributed by atoms with van der Waals surface area (Å²) in [5, 5.41) is 0. The summed E-state index contributed by atoms with van der Waals surface area (Å²) in [5.74, 6) is -1.76. The molecular weight excluding hydrogens is 403 g/mol. The van der Waals surface area contributed by atoms with E-state index in [1.54, 1.807) is 30.3 Å². The van der Waals surface area contributed by atoms with Crippen molar-refractivity contribution in [3.8, 4) is 0 Å². The van der Waals surface area contributed by atoms with E-state index in [0.717, 1.165) is 23.6 Å².